The molecule has 1 heterocycles. The van der Waals surface area contributed by atoms with Gasteiger partial charge in [0.1, 0.15) is 5.75 Å². The van der Waals surface area contributed by atoms with Crippen LogP contribution in [-0.2, 0) is 4.79 Å². The molecule has 0 aliphatic heterocycles. The molecule has 4 aromatic rings. The first-order valence-electron chi connectivity index (χ1n) is 9.11. The molecule has 1 N–H and O–H groups in total. The van der Waals surface area contributed by atoms with Crippen LogP contribution in [0.3, 0.4) is 0 Å². The summed E-state index contributed by atoms with van der Waals surface area (Å²) in [6.07, 6.45) is 0. The number of nitrogens with one attached hydrogen (secondary N) is 1. The Kier molecular flexibility index (Phi) is 5.33. The van der Waals surface area contributed by atoms with Crippen molar-refractivity contribution in [2.75, 3.05) is 19.0 Å². The standard InChI is InChI=1S/C23H19N3O3/c1-28-23-14-13-20(25-26-23)17-9-11-18(12-10-17)24-22(27)15-29-21-8-4-6-16-5-2-3-7-19(16)21/h2-14H,15H2,1H3,(H,24,27). The number of rotatable bonds is 6. The smallest absolute Gasteiger partial charge is 0.262 e. The minimum atomic E-state index is -0.227. The predicted octanol–water partition coefficient (Wildman–Crippen LogP) is 4.32. The van der Waals surface area contributed by atoms with Gasteiger partial charge in [-0.05, 0) is 29.7 Å². The molecule has 0 spiro atoms. The average molecular weight is 385 g/mol. The summed E-state index contributed by atoms with van der Waals surface area (Å²) in [5.74, 6) is 0.922. The largest absolute Gasteiger partial charge is 0.483 e. The van der Waals surface area contributed by atoms with Crippen molar-refractivity contribution in [3.8, 4) is 22.9 Å². The number of carbonyl (C=O) groups is 1. The first-order chi connectivity index (χ1) is 14.2. The van der Waals surface area contributed by atoms with E-state index in [0.717, 1.165) is 22.0 Å². The van der Waals surface area contributed by atoms with Crippen LogP contribution >= 0.6 is 0 Å². The van der Waals surface area contributed by atoms with Gasteiger partial charge in [-0.3, -0.25) is 4.79 Å². The number of hydrogen-bond acceptors (Lipinski definition) is 5. The van der Waals surface area contributed by atoms with Gasteiger partial charge in [0.25, 0.3) is 5.91 Å². The van der Waals surface area contributed by atoms with Gasteiger partial charge in [-0.2, -0.15) is 0 Å². The number of hydrogen-bond donors (Lipinski definition) is 1. The number of nitrogens with zero attached hydrogens (tertiary/aromatic N) is 2. The highest BCUT2D eigenvalue weighted by atomic mass is 16.5. The normalized spacial score (nSPS) is 10.5. The maximum Gasteiger partial charge on any atom is 0.262 e. The number of ether oxygens (including phenoxy) is 2. The molecule has 144 valence electrons. The van der Waals surface area contributed by atoms with Gasteiger partial charge in [0.05, 0.1) is 12.8 Å². The molecule has 0 saturated carbocycles. The number of anilines is 1. The average Bonchev–Trinajstić information content (AvgIpc) is 2.78. The van der Waals surface area contributed by atoms with E-state index < -0.39 is 0 Å². The highest BCUT2D eigenvalue weighted by Crippen LogP contribution is 2.25. The Hall–Kier alpha value is -3.93. The van der Waals surface area contributed by atoms with Crippen molar-refractivity contribution < 1.29 is 14.3 Å². The summed E-state index contributed by atoms with van der Waals surface area (Å²) < 4.78 is 10.7. The van der Waals surface area contributed by atoms with Gasteiger partial charge in [0.2, 0.25) is 5.88 Å². The van der Waals surface area contributed by atoms with Crippen LogP contribution in [0.2, 0.25) is 0 Å². The van der Waals surface area contributed by atoms with E-state index in [-0.39, 0.29) is 12.5 Å². The Morgan fingerprint density at radius 1 is 0.897 bits per heavy atom. The second-order valence-corrected chi connectivity index (χ2v) is 6.35. The van der Waals surface area contributed by atoms with Gasteiger partial charge < -0.3 is 14.8 Å². The van der Waals surface area contributed by atoms with Crippen LogP contribution in [0.5, 0.6) is 11.6 Å². The lowest BCUT2D eigenvalue weighted by atomic mass is 10.1. The molecule has 4 rings (SSSR count). The van der Waals surface area contributed by atoms with E-state index in [1.165, 1.54) is 0 Å². The van der Waals surface area contributed by atoms with Crippen molar-refractivity contribution in [1.29, 1.82) is 0 Å². The van der Waals surface area contributed by atoms with Crippen LogP contribution in [0.4, 0.5) is 5.69 Å². The molecule has 0 aliphatic carbocycles. The Morgan fingerprint density at radius 3 is 2.45 bits per heavy atom. The Balaban J connectivity index is 1.38. The summed E-state index contributed by atoms with van der Waals surface area (Å²) in [6.45, 7) is -0.0697. The summed E-state index contributed by atoms with van der Waals surface area (Å²) >= 11 is 0. The lowest BCUT2D eigenvalue weighted by molar-refractivity contribution is -0.118. The van der Waals surface area contributed by atoms with E-state index in [4.69, 9.17) is 9.47 Å². The van der Waals surface area contributed by atoms with Crippen molar-refractivity contribution in [3.05, 3.63) is 78.9 Å². The zero-order chi connectivity index (χ0) is 20.1. The van der Waals surface area contributed by atoms with Gasteiger partial charge in [0.15, 0.2) is 6.61 Å². The second kappa shape index (κ2) is 8.39. The van der Waals surface area contributed by atoms with Crippen molar-refractivity contribution in [2.24, 2.45) is 0 Å². The monoisotopic (exact) mass is 385 g/mol. The Bertz CT molecular complexity index is 1120. The fourth-order valence-corrected chi connectivity index (χ4v) is 2.97. The fraction of sp³-hybridized carbons (Fsp3) is 0.0870. The first-order valence-corrected chi connectivity index (χ1v) is 9.11. The third-order valence-electron chi connectivity index (χ3n) is 4.42. The topological polar surface area (TPSA) is 73.3 Å². The molecule has 0 fully saturated rings. The molecule has 0 unspecified atom stereocenters. The minimum Gasteiger partial charge on any atom is -0.483 e. The Morgan fingerprint density at radius 2 is 1.69 bits per heavy atom. The molecule has 1 amide bonds. The molecule has 0 atom stereocenters. The second-order valence-electron chi connectivity index (χ2n) is 6.35. The van der Waals surface area contributed by atoms with E-state index in [9.17, 15) is 4.79 Å². The molecule has 0 radical (unpaired) electrons. The van der Waals surface area contributed by atoms with E-state index in [1.54, 1.807) is 13.2 Å². The van der Waals surface area contributed by atoms with Gasteiger partial charge in [0, 0.05) is 22.7 Å². The number of methoxy groups -OCH3 is 1. The minimum absolute atomic E-state index is 0.0697. The molecular formula is C23H19N3O3. The Labute approximate surface area is 168 Å². The molecule has 0 aliphatic rings. The number of fused-ring (bicyclic) bond motifs is 1. The third kappa shape index (κ3) is 4.32. The number of benzene rings is 3. The van der Waals surface area contributed by atoms with Gasteiger partial charge in [-0.15, -0.1) is 10.2 Å². The van der Waals surface area contributed by atoms with E-state index in [0.29, 0.717) is 17.3 Å². The first kappa shape index (κ1) is 18.4. The highest BCUT2D eigenvalue weighted by Gasteiger charge is 2.07. The molecule has 1 aromatic heterocycles. The van der Waals surface area contributed by atoms with Crippen molar-refractivity contribution in [2.45, 2.75) is 0 Å². The zero-order valence-corrected chi connectivity index (χ0v) is 15.8. The molecule has 0 bridgehead atoms. The van der Waals surface area contributed by atoms with Gasteiger partial charge >= 0.3 is 0 Å². The van der Waals surface area contributed by atoms with Crippen molar-refractivity contribution >= 4 is 22.4 Å². The van der Waals surface area contributed by atoms with Crippen LogP contribution in [0.25, 0.3) is 22.0 Å². The van der Waals surface area contributed by atoms with E-state index >= 15 is 0 Å². The molecule has 6 heteroatoms. The van der Waals surface area contributed by atoms with Crippen LogP contribution in [0.15, 0.2) is 78.9 Å². The quantitative estimate of drug-likeness (QED) is 0.535. The van der Waals surface area contributed by atoms with Crippen LogP contribution in [0, 0.1) is 0 Å². The molecule has 6 nitrogen and oxygen atoms in total. The molecule has 3 aromatic carbocycles. The van der Waals surface area contributed by atoms with Crippen molar-refractivity contribution in [3.63, 3.8) is 0 Å². The molecule has 0 saturated heterocycles. The van der Waals surface area contributed by atoms with Crippen LogP contribution in [-0.4, -0.2) is 29.8 Å². The summed E-state index contributed by atoms with van der Waals surface area (Å²) in [5, 5.41) is 13.0. The van der Waals surface area contributed by atoms with E-state index in [1.807, 2.05) is 72.8 Å². The zero-order valence-electron chi connectivity index (χ0n) is 15.8. The summed E-state index contributed by atoms with van der Waals surface area (Å²) in [6, 6.07) is 24.7. The highest BCUT2D eigenvalue weighted by molar-refractivity contribution is 5.93. The van der Waals surface area contributed by atoms with Crippen LogP contribution in [0.1, 0.15) is 0 Å². The molecule has 29 heavy (non-hydrogen) atoms. The lowest BCUT2D eigenvalue weighted by Crippen LogP contribution is -2.20. The predicted molar refractivity (Wildman–Crippen MR) is 112 cm³/mol. The molecular weight excluding hydrogens is 366 g/mol. The summed E-state index contributed by atoms with van der Waals surface area (Å²) in [5.41, 5.74) is 2.30. The van der Waals surface area contributed by atoms with Gasteiger partial charge in [-0.1, -0.05) is 48.5 Å². The summed E-state index contributed by atoms with van der Waals surface area (Å²) in [7, 11) is 1.55. The third-order valence-corrected chi connectivity index (χ3v) is 4.42. The van der Waals surface area contributed by atoms with E-state index in [2.05, 4.69) is 15.5 Å². The number of amides is 1. The number of carbonyl (C=O) groups excluding carboxylic acids is 1. The number of aromatic nitrogens is 2. The SMILES string of the molecule is COc1ccc(-c2ccc(NC(=O)COc3cccc4ccccc34)cc2)nn1. The fourth-order valence-electron chi connectivity index (χ4n) is 2.97. The van der Waals surface area contributed by atoms with Crippen LogP contribution < -0.4 is 14.8 Å². The maximum atomic E-state index is 12.3. The summed E-state index contributed by atoms with van der Waals surface area (Å²) in [4.78, 5) is 12.3. The maximum absolute atomic E-state index is 12.3. The lowest BCUT2D eigenvalue weighted by Gasteiger charge is -2.10. The van der Waals surface area contributed by atoms with Gasteiger partial charge in [-0.25, -0.2) is 0 Å². The van der Waals surface area contributed by atoms with Crippen molar-refractivity contribution in [1.82, 2.24) is 10.2 Å².